The van der Waals surface area contributed by atoms with E-state index in [1.165, 1.54) is 5.69 Å². The van der Waals surface area contributed by atoms with Crippen molar-refractivity contribution in [2.45, 2.75) is 26.3 Å². The molecule has 1 aliphatic heterocycles. The van der Waals surface area contributed by atoms with Crippen LogP contribution in [0.25, 0.3) is 0 Å². The van der Waals surface area contributed by atoms with Crippen molar-refractivity contribution in [3.05, 3.63) is 18.2 Å². The topological polar surface area (TPSA) is 59.0 Å². The Bertz CT molecular complexity index is 406. The first kappa shape index (κ1) is 12.1. The number of rotatable bonds is 4. The van der Waals surface area contributed by atoms with Crippen LogP contribution in [-0.2, 0) is 11.3 Å². The van der Waals surface area contributed by atoms with Crippen LogP contribution in [0, 0.1) is 5.41 Å². The molecule has 1 fully saturated rings. The number of hydrogen-bond acceptors (Lipinski definition) is 3. The standard InChI is InChI=1S/C12H20N4O/c1-12(2,11(17)13-3)7-16-8-15-6-10(16)9-4-14-5-9/h6,8-9,14H,4-5,7H2,1-3H3,(H,13,17). The average molecular weight is 236 g/mol. The van der Waals surface area contributed by atoms with E-state index in [1.54, 1.807) is 7.05 Å². The lowest BCUT2D eigenvalue weighted by Gasteiger charge is -2.30. The Morgan fingerprint density at radius 2 is 2.35 bits per heavy atom. The van der Waals surface area contributed by atoms with Crippen molar-refractivity contribution in [3.8, 4) is 0 Å². The largest absolute Gasteiger partial charge is 0.359 e. The maximum atomic E-state index is 11.8. The Hall–Kier alpha value is -1.36. The van der Waals surface area contributed by atoms with E-state index in [2.05, 4.69) is 20.2 Å². The second-order valence-corrected chi connectivity index (χ2v) is 5.26. The molecule has 0 aliphatic carbocycles. The van der Waals surface area contributed by atoms with Crippen LogP contribution in [0.5, 0.6) is 0 Å². The zero-order chi connectivity index (χ0) is 12.5. The maximum absolute atomic E-state index is 11.8. The highest BCUT2D eigenvalue weighted by atomic mass is 16.2. The van der Waals surface area contributed by atoms with E-state index in [0.717, 1.165) is 13.1 Å². The van der Waals surface area contributed by atoms with E-state index in [4.69, 9.17) is 0 Å². The van der Waals surface area contributed by atoms with Crippen molar-refractivity contribution in [2.24, 2.45) is 5.41 Å². The van der Waals surface area contributed by atoms with Crippen LogP contribution in [0.3, 0.4) is 0 Å². The highest BCUT2D eigenvalue weighted by molar-refractivity contribution is 5.81. The van der Waals surface area contributed by atoms with Gasteiger partial charge in [-0.05, 0) is 13.8 Å². The Morgan fingerprint density at radius 3 is 2.88 bits per heavy atom. The van der Waals surface area contributed by atoms with Gasteiger partial charge in [0.1, 0.15) is 0 Å². The van der Waals surface area contributed by atoms with Crippen molar-refractivity contribution in [3.63, 3.8) is 0 Å². The molecule has 0 radical (unpaired) electrons. The number of nitrogens with one attached hydrogen (secondary N) is 2. The van der Waals surface area contributed by atoms with Gasteiger partial charge >= 0.3 is 0 Å². The van der Waals surface area contributed by atoms with E-state index < -0.39 is 5.41 Å². The number of nitrogens with zero attached hydrogens (tertiary/aromatic N) is 2. The Morgan fingerprint density at radius 1 is 1.65 bits per heavy atom. The van der Waals surface area contributed by atoms with Gasteiger partial charge in [-0.3, -0.25) is 4.79 Å². The van der Waals surface area contributed by atoms with Crippen molar-refractivity contribution >= 4 is 5.91 Å². The first-order valence-corrected chi connectivity index (χ1v) is 5.97. The lowest BCUT2D eigenvalue weighted by atomic mass is 9.91. The average Bonchev–Trinajstić information content (AvgIpc) is 2.62. The third-order valence-corrected chi connectivity index (χ3v) is 3.35. The van der Waals surface area contributed by atoms with Gasteiger partial charge in [0.2, 0.25) is 5.91 Å². The molecular formula is C12H20N4O. The highest BCUT2D eigenvalue weighted by Gasteiger charge is 2.30. The van der Waals surface area contributed by atoms with Gasteiger partial charge in [-0.25, -0.2) is 4.98 Å². The molecule has 94 valence electrons. The van der Waals surface area contributed by atoms with E-state index >= 15 is 0 Å². The quantitative estimate of drug-likeness (QED) is 0.792. The summed E-state index contributed by atoms with van der Waals surface area (Å²) in [5, 5.41) is 5.96. The lowest BCUT2D eigenvalue weighted by molar-refractivity contribution is -0.129. The molecule has 0 unspecified atom stereocenters. The monoisotopic (exact) mass is 236 g/mol. The van der Waals surface area contributed by atoms with Crippen LogP contribution in [0.2, 0.25) is 0 Å². The summed E-state index contributed by atoms with van der Waals surface area (Å²) in [7, 11) is 1.68. The summed E-state index contributed by atoms with van der Waals surface area (Å²) in [4.78, 5) is 16.0. The first-order valence-electron chi connectivity index (χ1n) is 5.97. The van der Waals surface area contributed by atoms with Crippen LogP contribution in [-0.4, -0.2) is 35.6 Å². The number of hydrogen-bond donors (Lipinski definition) is 2. The molecule has 0 spiro atoms. The second-order valence-electron chi connectivity index (χ2n) is 5.26. The zero-order valence-electron chi connectivity index (χ0n) is 10.7. The molecule has 0 saturated carbocycles. The fourth-order valence-corrected chi connectivity index (χ4v) is 2.14. The van der Waals surface area contributed by atoms with Crippen LogP contribution >= 0.6 is 0 Å². The van der Waals surface area contributed by atoms with Crippen molar-refractivity contribution < 1.29 is 4.79 Å². The number of carbonyl (C=O) groups is 1. The van der Waals surface area contributed by atoms with Crippen molar-refractivity contribution in [2.75, 3.05) is 20.1 Å². The van der Waals surface area contributed by atoms with Crippen molar-refractivity contribution in [1.82, 2.24) is 20.2 Å². The van der Waals surface area contributed by atoms with Gasteiger partial charge in [0.25, 0.3) is 0 Å². The van der Waals surface area contributed by atoms with Crippen LogP contribution < -0.4 is 10.6 Å². The minimum atomic E-state index is -0.415. The van der Waals surface area contributed by atoms with Gasteiger partial charge in [-0.15, -0.1) is 0 Å². The summed E-state index contributed by atoms with van der Waals surface area (Å²) >= 11 is 0. The molecule has 1 amide bonds. The molecule has 17 heavy (non-hydrogen) atoms. The smallest absolute Gasteiger partial charge is 0.227 e. The van der Waals surface area contributed by atoms with Crippen LogP contribution in [0.15, 0.2) is 12.5 Å². The summed E-state index contributed by atoms with van der Waals surface area (Å²) in [6.45, 7) is 6.58. The zero-order valence-corrected chi connectivity index (χ0v) is 10.7. The molecule has 1 aromatic heterocycles. The fourth-order valence-electron chi connectivity index (χ4n) is 2.14. The minimum Gasteiger partial charge on any atom is -0.359 e. The highest BCUT2D eigenvalue weighted by Crippen LogP contribution is 2.24. The van der Waals surface area contributed by atoms with Gasteiger partial charge in [0, 0.05) is 44.5 Å². The molecule has 2 rings (SSSR count). The van der Waals surface area contributed by atoms with E-state index in [-0.39, 0.29) is 5.91 Å². The van der Waals surface area contributed by atoms with E-state index in [0.29, 0.717) is 12.5 Å². The third-order valence-electron chi connectivity index (χ3n) is 3.35. The first-order chi connectivity index (χ1) is 8.04. The molecule has 5 nitrogen and oxygen atoms in total. The minimum absolute atomic E-state index is 0.0592. The number of amides is 1. The molecule has 2 heterocycles. The predicted molar refractivity (Wildman–Crippen MR) is 65.7 cm³/mol. The Balaban J connectivity index is 2.12. The summed E-state index contributed by atoms with van der Waals surface area (Å²) in [6.07, 6.45) is 3.73. The Labute approximate surface area is 102 Å². The molecule has 0 atom stereocenters. The summed E-state index contributed by atoms with van der Waals surface area (Å²) in [5.41, 5.74) is 0.808. The molecule has 2 N–H and O–H groups in total. The lowest BCUT2D eigenvalue weighted by Crippen LogP contribution is -2.42. The summed E-state index contributed by atoms with van der Waals surface area (Å²) in [5.74, 6) is 0.599. The van der Waals surface area contributed by atoms with Gasteiger partial charge in [-0.2, -0.15) is 0 Å². The fraction of sp³-hybridized carbons (Fsp3) is 0.667. The van der Waals surface area contributed by atoms with Crippen LogP contribution in [0.4, 0.5) is 0 Å². The van der Waals surface area contributed by atoms with E-state index in [9.17, 15) is 4.79 Å². The predicted octanol–water partition coefficient (Wildman–Crippen LogP) is 0.342. The van der Waals surface area contributed by atoms with E-state index in [1.807, 2.05) is 26.4 Å². The van der Waals surface area contributed by atoms with Gasteiger partial charge in [-0.1, -0.05) is 0 Å². The number of aromatic nitrogens is 2. The second kappa shape index (κ2) is 4.49. The molecule has 0 bridgehead atoms. The SMILES string of the molecule is CNC(=O)C(C)(C)Cn1cncc1C1CNC1. The molecule has 5 heteroatoms. The molecule has 1 aromatic rings. The molecule has 1 saturated heterocycles. The molecule has 1 aliphatic rings. The molecular weight excluding hydrogens is 216 g/mol. The maximum Gasteiger partial charge on any atom is 0.227 e. The number of imidazole rings is 1. The summed E-state index contributed by atoms with van der Waals surface area (Å²) < 4.78 is 2.10. The van der Waals surface area contributed by atoms with Crippen LogP contribution in [0.1, 0.15) is 25.5 Å². The summed E-state index contributed by atoms with van der Waals surface area (Å²) in [6, 6.07) is 0. The van der Waals surface area contributed by atoms with Gasteiger partial charge in [0.15, 0.2) is 0 Å². The Kier molecular flexibility index (Phi) is 3.19. The van der Waals surface area contributed by atoms with Gasteiger partial charge in [0.05, 0.1) is 11.7 Å². The number of carbonyl (C=O) groups excluding carboxylic acids is 1. The van der Waals surface area contributed by atoms with Crippen molar-refractivity contribution in [1.29, 1.82) is 0 Å². The molecule has 0 aromatic carbocycles. The normalized spacial score (nSPS) is 16.6. The third kappa shape index (κ3) is 2.34. The van der Waals surface area contributed by atoms with Gasteiger partial charge < -0.3 is 15.2 Å².